The van der Waals surface area contributed by atoms with Crippen LogP contribution in [0, 0.1) is 22.7 Å². The molecule has 0 aromatic carbocycles. The van der Waals surface area contributed by atoms with Gasteiger partial charge < -0.3 is 20.9 Å². The quantitative estimate of drug-likeness (QED) is 0.780. The van der Waals surface area contributed by atoms with Gasteiger partial charge >= 0.3 is 0 Å². The molecule has 9 heteroatoms. The molecule has 3 heterocycles. The van der Waals surface area contributed by atoms with Gasteiger partial charge in [-0.25, -0.2) is 9.97 Å². The van der Waals surface area contributed by atoms with Crippen LogP contribution in [0.5, 0.6) is 0 Å². The second-order valence-corrected chi connectivity index (χ2v) is 7.96. The highest BCUT2D eigenvalue weighted by atomic mass is 16.2. The number of carbonyl (C=O) groups is 2. The van der Waals surface area contributed by atoms with Crippen molar-refractivity contribution in [1.82, 2.24) is 14.9 Å². The first-order chi connectivity index (χ1) is 14.3. The van der Waals surface area contributed by atoms with E-state index in [9.17, 15) is 14.9 Å². The van der Waals surface area contributed by atoms with Crippen molar-refractivity contribution >= 4 is 35.0 Å². The highest BCUT2D eigenvalue weighted by Crippen LogP contribution is 2.52. The molecule has 0 unspecified atom stereocenters. The number of nitriles is 1. The van der Waals surface area contributed by atoms with Gasteiger partial charge in [0.15, 0.2) is 0 Å². The Balaban J connectivity index is 1.55. The fourth-order valence-corrected chi connectivity index (χ4v) is 3.87. The van der Waals surface area contributed by atoms with Crippen molar-refractivity contribution in [1.29, 1.82) is 5.26 Å². The van der Waals surface area contributed by atoms with E-state index in [4.69, 9.17) is 5.73 Å². The average molecular weight is 405 g/mol. The van der Waals surface area contributed by atoms with Crippen molar-refractivity contribution in [2.24, 2.45) is 11.3 Å². The van der Waals surface area contributed by atoms with Crippen LogP contribution in [0.3, 0.4) is 0 Å². The monoisotopic (exact) mass is 405 g/mol. The Labute approximate surface area is 174 Å². The first kappa shape index (κ1) is 19.6. The Morgan fingerprint density at radius 2 is 2.10 bits per heavy atom. The zero-order valence-electron chi connectivity index (χ0n) is 16.9. The van der Waals surface area contributed by atoms with Gasteiger partial charge in [0.25, 0.3) is 5.91 Å². The summed E-state index contributed by atoms with van der Waals surface area (Å²) in [6.45, 7) is 0.478. The van der Waals surface area contributed by atoms with Gasteiger partial charge in [0.2, 0.25) is 5.91 Å². The molecule has 2 fully saturated rings. The van der Waals surface area contributed by atoms with Crippen molar-refractivity contribution in [3.63, 3.8) is 0 Å². The van der Waals surface area contributed by atoms with E-state index in [0.717, 1.165) is 12.8 Å². The fourth-order valence-electron chi connectivity index (χ4n) is 3.87. The van der Waals surface area contributed by atoms with E-state index in [-0.39, 0.29) is 23.6 Å². The molecule has 9 nitrogen and oxygen atoms in total. The molecule has 154 valence electrons. The SMILES string of the molecule is CN(C)C(=O)c1ccc(Nc2cc(N3CC[C@@](C#N)(C4CC4)C3=O)cc(N)n2)nc1. The maximum Gasteiger partial charge on any atom is 0.254 e. The lowest BCUT2D eigenvalue weighted by Crippen LogP contribution is -2.35. The fraction of sp³-hybridized carbons (Fsp3) is 0.381. The first-order valence-corrected chi connectivity index (χ1v) is 9.79. The van der Waals surface area contributed by atoms with Crippen LogP contribution in [-0.2, 0) is 4.79 Å². The molecule has 2 aliphatic rings. The van der Waals surface area contributed by atoms with Crippen molar-refractivity contribution < 1.29 is 9.59 Å². The zero-order chi connectivity index (χ0) is 21.5. The molecule has 0 spiro atoms. The van der Waals surface area contributed by atoms with Gasteiger partial charge in [0.05, 0.1) is 17.3 Å². The molecule has 30 heavy (non-hydrogen) atoms. The minimum atomic E-state index is -0.915. The predicted molar refractivity (Wildman–Crippen MR) is 112 cm³/mol. The lowest BCUT2D eigenvalue weighted by atomic mass is 9.83. The number of anilines is 4. The highest BCUT2D eigenvalue weighted by Gasteiger charge is 2.56. The topological polar surface area (TPSA) is 128 Å². The maximum absolute atomic E-state index is 13.1. The number of nitrogens with zero attached hydrogens (tertiary/aromatic N) is 5. The Morgan fingerprint density at radius 1 is 1.33 bits per heavy atom. The Morgan fingerprint density at radius 3 is 2.70 bits per heavy atom. The van der Waals surface area contributed by atoms with Gasteiger partial charge in [-0.15, -0.1) is 0 Å². The van der Waals surface area contributed by atoms with Crippen molar-refractivity contribution in [2.45, 2.75) is 19.3 Å². The molecule has 1 saturated heterocycles. The Kier molecular flexibility index (Phi) is 4.78. The molecule has 1 saturated carbocycles. The van der Waals surface area contributed by atoms with Gasteiger partial charge in [0.1, 0.15) is 22.9 Å². The number of aromatic nitrogens is 2. The molecule has 1 atom stereocenters. The minimum absolute atomic E-state index is 0.136. The van der Waals surface area contributed by atoms with Crippen molar-refractivity contribution in [3.05, 3.63) is 36.0 Å². The summed E-state index contributed by atoms with van der Waals surface area (Å²) >= 11 is 0. The summed E-state index contributed by atoms with van der Waals surface area (Å²) in [5, 5.41) is 12.7. The van der Waals surface area contributed by atoms with Gasteiger partial charge in [-0.1, -0.05) is 0 Å². The van der Waals surface area contributed by atoms with Gasteiger partial charge in [-0.2, -0.15) is 5.26 Å². The summed E-state index contributed by atoms with van der Waals surface area (Å²) in [5.74, 6) is 1.04. The normalized spacial score (nSPS) is 20.7. The number of rotatable bonds is 5. The zero-order valence-corrected chi connectivity index (χ0v) is 16.9. The Hall–Kier alpha value is -3.67. The first-order valence-electron chi connectivity index (χ1n) is 9.79. The maximum atomic E-state index is 13.1. The third-order valence-electron chi connectivity index (χ3n) is 5.64. The van der Waals surface area contributed by atoms with E-state index in [1.807, 2.05) is 0 Å². The minimum Gasteiger partial charge on any atom is -0.384 e. The van der Waals surface area contributed by atoms with E-state index in [2.05, 4.69) is 21.4 Å². The summed E-state index contributed by atoms with van der Waals surface area (Å²) < 4.78 is 0. The van der Waals surface area contributed by atoms with E-state index < -0.39 is 5.41 Å². The number of amides is 2. The summed E-state index contributed by atoms with van der Waals surface area (Å²) in [4.78, 5) is 36.7. The van der Waals surface area contributed by atoms with E-state index >= 15 is 0 Å². The number of carbonyl (C=O) groups excluding carboxylic acids is 2. The van der Waals surface area contributed by atoms with Crippen LogP contribution in [-0.4, -0.2) is 47.3 Å². The van der Waals surface area contributed by atoms with Crippen molar-refractivity contribution in [2.75, 3.05) is 36.6 Å². The molecule has 0 bridgehead atoms. The molecular weight excluding hydrogens is 382 g/mol. The molecule has 0 radical (unpaired) electrons. The number of hydrogen-bond donors (Lipinski definition) is 2. The number of pyridine rings is 2. The largest absolute Gasteiger partial charge is 0.384 e. The lowest BCUT2D eigenvalue weighted by Gasteiger charge is -2.21. The van der Waals surface area contributed by atoms with E-state index in [1.165, 1.54) is 11.1 Å². The van der Waals surface area contributed by atoms with E-state index in [0.29, 0.717) is 35.9 Å². The molecule has 2 amide bonds. The second-order valence-electron chi connectivity index (χ2n) is 7.96. The Bertz CT molecular complexity index is 1040. The number of nitrogens with one attached hydrogen (secondary N) is 1. The van der Waals surface area contributed by atoms with Crippen LogP contribution in [0.2, 0.25) is 0 Å². The molecule has 1 aliphatic carbocycles. The van der Waals surface area contributed by atoms with Gasteiger partial charge in [0, 0.05) is 39.0 Å². The lowest BCUT2D eigenvalue weighted by molar-refractivity contribution is -0.123. The smallest absolute Gasteiger partial charge is 0.254 e. The molecule has 2 aromatic rings. The molecular formula is C21H23N7O2. The van der Waals surface area contributed by atoms with Gasteiger partial charge in [-0.3, -0.25) is 9.59 Å². The molecule has 3 N–H and O–H groups in total. The second kappa shape index (κ2) is 7.30. The summed E-state index contributed by atoms with van der Waals surface area (Å²) in [6.07, 6.45) is 3.87. The average Bonchev–Trinajstić information content (AvgIpc) is 3.51. The van der Waals surface area contributed by atoms with Crippen LogP contribution in [0.4, 0.5) is 23.1 Å². The van der Waals surface area contributed by atoms with Crippen molar-refractivity contribution in [3.8, 4) is 6.07 Å². The van der Waals surface area contributed by atoms with Crippen LogP contribution in [0.25, 0.3) is 0 Å². The predicted octanol–water partition coefficient (Wildman–Crippen LogP) is 2.16. The van der Waals surface area contributed by atoms with E-state index in [1.54, 1.807) is 43.3 Å². The number of hydrogen-bond acceptors (Lipinski definition) is 7. The molecule has 4 rings (SSSR count). The summed E-state index contributed by atoms with van der Waals surface area (Å²) in [6, 6.07) is 8.99. The summed E-state index contributed by atoms with van der Waals surface area (Å²) in [5.41, 5.74) is 6.13. The third-order valence-corrected chi connectivity index (χ3v) is 5.64. The standard InChI is InChI=1S/C21H23N7O2/c1-27(2)19(29)13-3-6-17(24-11-13)26-18-10-15(9-16(23)25-18)28-8-7-21(12-22,20(28)30)14-4-5-14/h3,6,9-11,14H,4-5,7-8H2,1-2H3,(H3,23,24,25,26)/t21-/m1/s1. The molecule has 1 aliphatic heterocycles. The number of nitrogens with two attached hydrogens (primary N) is 1. The number of nitrogen functional groups attached to an aromatic ring is 1. The van der Waals surface area contributed by atoms with Gasteiger partial charge in [-0.05, 0) is 37.3 Å². The van der Waals surface area contributed by atoms with Crippen LogP contribution < -0.4 is 16.0 Å². The highest BCUT2D eigenvalue weighted by molar-refractivity contribution is 6.02. The van der Waals surface area contributed by atoms with Crippen LogP contribution in [0.15, 0.2) is 30.5 Å². The molecule has 2 aromatic heterocycles. The summed E-state index contributed by atoms with van der Waals surface area (Å²) in [7, 11) is 3.35. The third kappa shape index (κ3) is 3.41. The van der Waals surface area contributed by atoms with Crippen LogP contribution >= 0.6 is 0 Å². The van der Waals surface area contributed by atoms with Crippen LogP contribution in [0.1, 0.15) is 29.6 Å².